The van der Waals surface area contributed by atoms with Crippen molar-refractivity contribution in [2.75, 3.05) is 6.54 Å². The van der Waals surface area contributed by atoms with Crippen LogP contribution in [-0.2, 0) is 0 Å². The minimum atomic E-state index is 0.818. The summed E-state index contributed by atoms with van der Waals surface area (Å²) in [5.41, 5.74) is 2.64. The predicted molar refractivity (Wildman–Crippen MR) is 73.9 cm³/mol. The summed E-state index contributed by atoms with van der Waals surface area (Å²) in [6.45, 7) is 2.98. The van der Waals surface area contributed by atoms with Crippen molar-refractivity contribution in [1.29, 1.82) is 0 Å². The van der Waals surface area contributed by atoms with Crippen LogP contribution in [0.1, 0.15) is 31.2 Å². The lowest BCUT2D eigenvalue weighted by Crippen LogP contribution is -2.08. The van der Waals surface area contributed by atoms with Crippen LogP contribution < -0.4 is 0 Å². The zero-order valence-corrected chi connectivity index (χ0v) is 10.6. The van der Waals surface area contributed by atoms with E-state index in [2.05, 4.69) is 21.9 Å². The molecule has 0 bridgehead atoms. The van der Waals surface area contributed by atoms with Crippen molar-refractivity contribution in [2.24, 2.45) is 4.99 Å². The summed E-state index contributed by atoms with van der Waals surface area (Å²) < 4.78 is 0. The fourth-order valence-electron chi connectivity index (χ4n) is 1.65. The van der Waals surface area contributed by atoms with Gasteiger partial charge in [0.1, 0.15) is 5.71 Å². The fraction of sp³-hybridized carbons (Fsp3) is 0.267. The van der Waals surface area contributed by atoms with Crippen molar-refractivity contribution < 1.29 is 0 Å². The highest BCUT2D eigenvalue weighted by Crippen LogP contribution is 2.06. The van der Waals surface area contributed by atoms with Crippen LogP contribution >= 0.6 is 0 Å². The smallest absolute Gasteiger partial charge is 0.109 e. The van der Waals surface area contributed by atoms with E-state index >= 15 is 0 Å². The molecule has 0 N–H and O–H groups in total. The molecule has 0 amide bonds. The van der Waals surface area contributed by atoms with Crippen LogP contribution in [-0.4, -0.2) is 22.2 Å². The number of pyridine rings is 2. The summed E-state index contributed by atoms with van der Waals surface area (Å²) in [6.07, 6.45) is 5.80. The summed E-state index contributed by atoms with van der Waals surface area (Å²) in [5.74, 6) is 0. The highest BCUT2D eigenvalue weighted by molar-refractivity contribution is 6.10. The molecule has 0 radical (unpaired) electrons. The number of aliphatic imine (C=N–C) groups is 1. The Hall–Kier alpha value is -2.03. The van der Waals surface area contributed by atoms with Crippen LogP contribution in [0.15, 0.2) is 53.8 Å². The highest BCUT2D eigenvalue weighted by Gasteiger charge is 2.08. The third-order valence-electron chi connectivity index (χ3n) is 2.60. The third-order valence-corrected chi connectivity index (χ3v) is 2.60. The minimum absolute atomic E-state index is 0.818. The molecule has 0 unspecified atom stereocenters. The molecule has 3 nitrogen and oxygen atoms in total. The van der Waals surface area contributed by atoms with E-state index in [4.69, 9.17) is 0 Å². The SMILES string of the molecule is CCCCN=C(c1ccccn1)c1ccccn1. The van der Waals surface area contributed by atoms with Gasteiger partial charge in [0.15, 0.2) is 0 Å². The summed E-state index contributed by atoms with van der Waals surface area (Å²) in [4.78, 5) is 13.4. The third kappa shape index (κ3) is 3.23. The van der Waals surface area contributed by atoms with E-state index < -0.39 is 0 Å². The van der Waals surface area contributed by atoms with Crippen molar-refractivity contribution in [1.82, 2.24) is 9.97 Å². The van der Waals surface area contributed by atoms with E-state index in [1.807, 2.05) is 36.4 Å². The summed E-state index contributed by atoms with van der Waals surface area (Å²) in [7, 11) is 0. The van der Waals surface area contributed by atoms with Crippen LogP contribution in [0.5, 0.6) is 0 Å². The lowest BCUT2D eigenvalue weighted by Gasteiger charge is -2.05. The van der Waals surface area contributed by atoms with Crippen molar-refractivity contribution in [3.8, 4) is 0 Å². The standard InChI is InChI=1S/C15H17N3/c1-2-3-10-18-15(13-8-4-6-11-16-13)14-9-5-7-12-17-14/h4-9,11-12H,2-3,10H2,1H3. The Morgan fingerprint density at radius 3 is 2.06 bits per heavy atom. The van der Waals surface area contributed by atoms with Gasteiger partial charge in [0.05, 0.1) is 11.4 Å². The van der Waals surface area contributed by atoms with E-state index in [1.165, 1.54) is 0 Å². The predicted octanol–water partition coefficient (Wildman–Crippen LogP) is 3.11. The maximum Gasteiger partial charge on any atom is 0.109 e. The van der Waals surface area contributed by atoms with Crippen LogP contribution in [0.4, 0.5) is 0 Å². The Bertz CT molecular complexity index is 450. The van der Waals surface area contributed by atoms with Crippen LogP contribution in [0, 0.1) is 0 Å². The Balaban J connectivity index is 2.33. The van der Waals surface area contributed by atoms with Crippen molar-refractivity contribution in [2.45, 2.75) is 19.8 Å². The number of aromatic nitrogens is 2. The average molecular weight is 239 g/mol. The number of hydrogen-bond acceptors (Lipinski definition) is 3. The van der Waals surface area contributed by atoms with Gasteiger partial charge in [0.2, 0.25) is 0 Å². The van der Waals surface area contributed by atoms with E-state index in [0.29, 0.717) is 0 Å². The van der Waals surface area contributed by atoms with Crippen molar-refractivity contribution >= 4 is 5.71 Å². The summed E-state index contributed by atoms with van der Waals surface area (Å²) in [6, 6.07) is 11.7. The van der Waals surface area contributed by atoms with E-state index in [9.17, 15) is 0 Å². The second kappa shape index (κ2) is 6.64. The maximum atomic E-state index is 4.65. The molecule has 0 saturated heterocycles. The monoisotopic (exact) mass is 239 g/mol. The average Bonchev–Trinajstić information content (AvgIpc) is 2.46. The molecule has 0 aliphatic carbocycles. The van der Waals surface area contributed by atoms with Gasteiger partial charge in [0.25, 0.3) is 0 Å². The lowest BCUT2D eigenvalue weighted by atomic mass is 10.1. The second-order valence-electron chi connectivity index (χ2n) is 4.01. The highest BCUT2D eigenvalue weighted by atomic mass is 14.8. The molecule has 2 heterocycles. The maximum absolute atomic E-state index is 4.65. The normalized spacial score (nSPS) is 10.1. The summed E-state index contributed by atoms with van der Waals surface area (Å²) in [5, 5.41) is 0. The van der Waals surface area contributed by atoms with Crippen LogP contribution in [0.3, 0.4) is 0 Å². The van der Waals surface area contributed by atoms with Gasteiger partial charge in [-0.3, -0.25) is 15.0 Å². The Morgan fingerprint density at radius 1 is 1.00 bits per heavy atom. The number of nitrogens with zero attached hydrogens (tertiary/aromatic N) is 3. The topological polar surface area (TPSA) is 38.1 Å². The molecule has 18 heavy (non-hydrogen) atoms. The molecule has 0 atom stereocenters. The van der Waals surface area contributed by atoms with E-state index in [-0.39, 0.29) is 0 Å². The Morgan fingerprint density at radius 2 is 1.61 bits per heavy atom. The second-order valence-corrected chi connectivity index (χ2v) is 4.01. The van der Waals surface area contributed by atoms with Gasteiger partial charge in [-0.1, -0.05) is 25.5 Å². The molecule has 2 aromatic heterocycles. The summed E-state index contributed by atoms with van der Waals surface area (Å²) >= 11 is 0. The first-order valence-electron chi connectivity index (χ1n) is 6.29. The minimum Gasteiger partial charge on any atom is -0.281 e. The molecule has 0 fully saturated rings. The van der Waals surface area contributed by atoms with Gasteiger partial charge in [-0.15, -0.1) is 0 Å². The van der Waals surface area contributed by atoms with Gasteiger partial charge in [-0.25, -0.2) is 0 Å². The largest absolute Gasteiger partial charge is 0.281 e. The van der Waals surface area contributed by atoms with Gasteiger partial charge < -0.3 is 0 Å². The molecule has 0 spiro atoms. The van der Waals surface area contributed by atoms with Gasteiger partial charge in [0, 0.05) is 18.9 Å². The fourth-order valence-corrected chi connectivity index (χ4v) is 1.65. The molecular weight excluding hydrogens is 222 g/mol. The Labute approximate surface area is 108 Å². The molecule has 2 rings (SSSR count). The van der Waals surface area contributed by atoms with Crippen molar-refractivity contribution in [3.63, 3.8) is 0 Å². The van der Waals surface area contributed by atoms with Crippen molar-refractivity contribution in [3.05, 3.63) is 60.2 Å². The van der Waals surface area contributed by atoms with E-state index in [0.717, 1.165) is 36.5 Å². The first-order valence-corrected chi connectivity index (χ1v) is 6.29. The Kier molecular flexibility index (Phi) is 4.59. The molecule has 3 heteroatoms. The molecular formula is C15H17N3. The molecule has 92 valence electrons. The molecule has 0 aliphatic rings. The zero-order valence-electron chi connectivity index (χ0n) is 10.6. The first-order chi connectivity index (χ1) is 8.92. The molecule has 0 saturated carbocycles. The molecule has 2 aromatic rings. The zero-order chi connectivity index (χ0) is 12.6. The van der Waals surface area contributed by atoms with Gasteiger partial charge in [-0.2, -0.15) is 0 Å². The molecule has 0 aromatic carbocycles. The number of unbranched alkanes of at least 4 members (excludes halogenated alkanes) is 1. The first kappa shape index (κ1) is 12.4. The van der Waals surface area contributed by atoms with Gasteiger partial charge in [-0.05, 0) is 30.7 Å². The van der Waals surface area contributed by atoms with E-state index in [1.54, 1.807) is 12.4 Å². The molecule has 0 aliphatic heterocycles. The number of rotatable bonds is 5. The quantitative estimate of drug-likeness (QED) is 0.594. The van der Waals surface area contributed by atoms with Crippen LogP contribution in [0.25, 0.3) is 0 Å². The van der Waals surface area contributed by atoms with Crippen LogP contribution in [0.2, 0.25) is 0 Å². The van der Waals surface area contributed by atoms with Gasteiger partial charge >= 0.3 is 0 Å². The lowest BCUT2D eigenvalue weighted by molar-refractivity contribution is 0.807. The number of hydrogen-bond donors (Lipinski definition) is 0.